The number of nitrogens with one attached hydrogen (secondary N) is 2. The second-order valence-electron chi connectivity index (χ2n) is 3.72. The molecule has 0 spiro atoms. The Morgan fingerprint density at radius 3 is 2.67 bits per heavy atom. The molecule has 2 rings (SSSR count). The molecular formula is C12H12Cl2N4. The average Bonchev–Trinajstić information content (AvgIpc) is 2.35. The summed E-state index contributed by atoms with van der Waals surface area (Å²) in [6.07, 6.45) is 1.74. The summed E-state index contributed by atoms with van der Waals surface area (Å²) < 4.78 is 0. The van der Waals surface area contributed by atoms with E-state index in [1.807, 2.05) is 13.0 Å². The summed E-state index contributed by atoms with van der Waals surface area (Å²) in [6.45, 7) is 1.92. The number of aromatic nitrogens is 2. The number of nitrogens with zero attached hydrogens (tertiary/aromatic N) is 2. The molecule has 0 fully saturated rings. The van der Waals surface area contributed by atoms with E-state index in [1.54, 1.807) is 25.4 Å². The minimum Gasteiger partial charge on any atom is -0.357 e. The molecule has 0 radical (unpaired) electrons. The van der Waals surface area contributed by atoms with Gasteiger partial charge in [-0.05, 0) is 25.1 Å². The zero-order valence-corrected chi connectivity index (χ0v) is 11.5. The molecule has 1 aromatic carbocycles. The maximum atomic E-state index is 6.10. The average molecular weight is 283 g/mol. The van der Waals surface area contributed by atoms with E-state index in [0.717, 1.165) is 11.3 Å². The van der Waals surface area contributed by atoms with Gasteiger partial charge < -0.3 is 10.6 Å². The van der Waals surface area contributed by atoms with Crippen LogP contribution in [0.3, 0.4) is 0 Å². The van der Waals surface area contributed by atoms with Gasteiger partial charge in [0.15, 0.2) is 0 Å². The maximum absolute atomic E-state index is 6.10. The Bertz CT molecular complexity index is 572. The van der Waals surface area contributed by atoms with E-state index in [-0.39, 0.29) is 0 Å². The number of rotatable bonds is 3. The monoisotopic (exact) mass is 282 g/mol. The third kappa shape index (κ3) is 2.83. The zero-order chi connectivity index (χ0) is 13.1. The molecule has 94 valence electrons. The predicted molar refractivity (Wildman–Crippen MR) is 76.1 cm³/mol. The van der Waals surface area contributed by atoms with Gasteiger partial charge in [0.25, 0.3) is 0 Å². The van der Waals surface area contributed by atoms with Gasteiger partial charge in [-0.3, -0.25) is 0 Å². The first-order chi connectivity index (χ1) is 8.60. The molecule has 4 nitrogen and oxygen atoms in total. The van der Waals surface area contributed by atoms with Crippen LogP contribution in [0.1, 0.15) is 5.56 Å². The number of hydrogen-bond donors (Lipinski definition) is 2. The van der Waals surface area contributed by atoms with Crippen molar-refractivity contribution < 1.29 is 0 Å². The van der Waals surface area contributed by atoms with Crippen molar-refractivity contribution in [2.24, 2.45) is 0 Å². The SMILES string of the molecule is CNc1ncc(C)c(Nc2ccc(Cl)cc2Cl)n1. The summed E-state index contributed by atoms with van der Waals surface area (Å²) in [6, 6.07) is 5.26. The van der Waals surface area contributed by atoms with Crippen molar-refractivity contribution in [1.29, 1.82) is 0 Å². The molecule has 1 aromatic heterocycles. The normalized spacial score (nSPS) is 10.2. The Morgan fingerprint density at radius 1 is 1.22 bits per heavy atom. The standard InChI is InChI=1S/C12H12Cl2N4/c1-7-6-16-12(15-2)18-11(7)17-10-4-3-8(13)5-9(10)14/h3-6H,1-2H3,(H2,15,16,17,18). The van der Waals surface area contributed by atoms with Crippen LogP contribution < -0.4 is 10.6 Å². The number of aryl methyl sites for hydroxylation is 1. The van der Waals surface area contributed by atoms with Gasteiger partial charge in [0.1, 0.15) is 5.82 Å². The third-order valence-electron chi connectivity index (χ3n) is 2.38. The minimum atomic E-state index is 0.548. The molecular weight excluding hydrogens is 271 g/mol. The van der Waals surface area contributed by atoms with Crippen molar-refractivity contribution in [3.8, 4) is 0 Å². The van der Waals surface area contributed by atoms with Gasteiger partial charge in [-0.25, -0.2) is 4.98 Å². The fraction of sp³-hybridized carbons (Fsp3) is 0.167. The molecule has 0 saturated carbocycles. The molecule has 6 heteroatoms. The maximum Gasteiger partial charge on any atom is 0.224 e. The van der Waals surface area contributed by atoms with E-state index in [2.05, 4.69) is 20.6 Å². The van der Waals surface area contributed by atoms with E-state index >= 15 is 0 Å². The van der Waals surface area contributed by atoms with Crippen LogP contribution in [-0.2, 0) is 0 Å². The summed E-state index contributed by atoms with van der Waals surface area (Å²) in [4.78, 5) is 8.44. The van der Waals surface area contributed by atoms with Gasteiger partial charge in [-0.15, -0.1) is 0 Å². The smallest absolute Gasteiger partial charge is 0.224 e. The van der Waals surface area contributed by atoms with Crippen LogP contribution in [0.4, 0.5) is 17.5 Å². The predicted octanol–water partition coefficient (Wildman–Crippen LogP) is 3.88. The van der Waals surface area contributed by atoms with Gasteiger partial charge in [0.05, 0.1) is 10.7 Å². The van der Waals surface area contributed by atoms with Crippen molar-refractivity contribution in [3.05, 3.63) is 40.0 Å². The van der Waals surface area contributed by atoms with Crippen LogP contribution in [0.5, 0.6) is 0 Å². The van der Waals surface area contributed by atoms with Crippen LogP contribution in [0, 0.1) is 6.92 Å². The van der Waals surface area contributed by atoms with Gasteiger partial charge in [-0.2, -0.15) is 4.98 Å². The quantitative estimate of drug-likeness (QED) is 0.897. The molecule has 0 aliphatic heterocycles. The molecule has 2 aromatic rings. The summed E-state index contributed by atoms with van der Waals surface area (Å²) in [5, 5.41) is 7.19. The van der Waals surface area contributed by atoms with E-state index in [4.69, 9.17) is 23.2 Å². The van der Waals surface area contributed by atoms with Crippen LogP contribution in [-0.4, -0.2) is 17.0 Å². The lowest BCUT2D eigenvalue weighted by Crippen LogP contribution is -2.02. The first kappa shape index (κ1) is 12.9. The first-order valence-electron chi connectivity index (χ1n) is 5.33. The van der Waals surface area contributed by atoms with Crippen molar-refractivity contribution in [2.75, 3.05) is 17.7 Å². The Hall–Kier alpha value is -1.52. The number of halogens is 2. The van der Waals surface area contributed by atoms with Gasteiger partial charge in [-0.1, -0.05) is 23.2 Å². The van der Waals surface area contributed by atoms with Crippen molar-refractivity contribution in [3.63, 3.8) is 0 Å². The highest BCUT2D eigenvalue weighted by molar-refractivity contribution is 6.36. The first-order valence-corrected chi connectivity index (χ1v) is 6.09. The fourth-order valence-electron chi connectivity index (χ4n) is 1.41. The summed E-state index contributed by atoms with van der Waals surface area (Å²) >= 11 is 12.0. The topological polar surface area (TPSA) is 49.8 Å². The van der Waals surface area contributed by atoms with E-state index in [9.17, 15) is 0 Å². The van der Waals surface area contributed by atoms with Crippen LogP contribution in [0.2, 0.25) is 10.0 Å². The molecule has 2 N–H and O–H groups in total. The molecule has 0 aliphatic carbocycles. The number of benzene rings is 1. The molecule has 0 bridgehead atoms. The zero-order valence-electron chi connectivity index (χ0n) is 9.96. The highest BCUT2D eigenvalue weighted by atomic mass is 35.5. The second-order valence-corrected chi connectivity index (χ2v) is 4.57. The highest BCUT2D eigenvalue weighted by Gasteiger charge is 2.06. The van der Waals surface area contributed by atoms with Gasteiger partial charge in [0, 0.05) is 23.8 Å². The largest absolute Gasteiger partial charge is 0.357 e. The van der Waals surface area contributed by atoms with Crippen LogP contribution >= 0.6 is 23.2 Å². The number of hydrogen-bond acceptors (Lipinski definition) is 4. The van der Waals surface area contributed by atoms with Crippen molar-refractivity contribution in [2.45, 2.75) is 6.92 Å². The molecule has 0 atom stereocenters. The van der Waals surface area contributed by atoms with Crippen molar-refractivity contribution in [1.82, 2.24) is 9.97 Å². The molecule has 0 aliphatic rings. The van der Waals surface area contributed by atoms with Crippen molar-refractivity contribution >= 4 is 40.7 Å². The minimum absolute atomic E-state index is 0.548. The summed E-state index contributed by atoms with van der Waals surface area (Å²) in [5.41, 5.74) is 1.69. The van der Waals surface area contributed by atoms with E-state index in [0.29, 0.717) is 21.8 Å². The Morgan fingerprint density at radius 2 is 2.00 bits per heavy atom. The molecule has 0 unspecified atom stereocenters. The van der Waals surface area contributed by atoms with Gasteiger partial charge in [0.2, 0.25) is 5.95 Å². The van der Waals surface area contributed by atoms with Crippen LogP contribution in [0.25, 0.3) is 0 Å². The molecule has 0 saturated heterocycles. The van der Waals surface area contributed by atoms with E-state index in [1.165, 1.54) is 0 Å². The second kappa shape index (κ2) is 5.42. The molecule has 18 heavy (non-hydrogen) atoms. The summed E-state index contributed by atoms with van der Waals surface area (Å²) in [7, 11) is 1.77. The molecule has 1 heterocycles. The Balaban J connectivity index is 2.33. The lowest BCUT2D eigenvalue weighted by Gasteiger charge is -2.11. The van der Waals surface area contributed by atoms with Crippen LogP contribution in [0.15, 0.2) is 24.4 Å². The lowest BCUT2D eigenvalue weighted by molar-refractivity contribution is 1.12. The fourth-order valence-corrected chi connectivity index (χ4v) is 1.86. The lowest BCUT2D eigenvalue weighted by atomic mass is 10.3. The van der Waals surface area contributed by atoms with E-state index < -0.39 is 0 Å². The summed E-state index contributed by atoms with van der Waals surface area (Å²) in [5.74, 6) is 1.26. The molecule has 0 amide bonds. The number of anilines is 3. The van der Waals surface area contributed by atoms with Gasteiger partial charge >= 0.3 is 0 Å². The highest BCUT2D eigenvalue weighted by Crippen LogP contribution is 2.28. The Kier molecular flexibility index (Phi) is 3.89. The Labute approximate surface area is 115 Å². The third-order valence-corrected chi connectivity index (χ3v) is 2.93.